The van der Waals surface area contributed by atoms with Gasteiger partial charge in [-0.25, -0.2) is 0 Å². The molecule has 4 heteroatoms. The summed E-state index contributed by atoms with van der Waals surface area (Å²) in [5, 5.41) is 0.593. The molecule has 0 spiro atoms. The Morgan fingerprint density at radius 3 is 2.94 bits per heavy atom. The summed E-state index contributed by atoms with van der Waals surface area (Å²) in [7, 11) is 0. The minimum absolute atomic E-state index is 0.207. The topological polar surface area (TPSA) is 46.3 Å². The van der Waals surface area contributed by atoms with Gasteiger partial charge in [-0.3, -0.25) is 4.79 Å². The first kappa shape index (κ1) is 12.2. The van der Waals surface area contributed by atoms with E-state index in [-0.39, 0.29) is 12.0 Å². The molecule has 3 atom stereocenters. The second-order valence-electron chi connectivity index (χ2n) is 5.09. The summed E-state index contributed by atoms with van der Waals surface area (Å²) < 4.78 is 0. The van der Waals surface area contributed by atoms with Crippen LogP contribution >= 0.6 is 11.8 Å². The van der Waals surface area contributed by atoms with Crippen LogP contribution in [0.5, 0.6) is 0 Å². The highest BCUT2D eigenvalue weighted by Crippen LogP contribution is 2.27. The van der Waals surface area contributed by atoms with E-state index < -0.39 is 0 Å². The third-order valence-corrected chi connectivity index (χ3v) is 4.75. The fourth-order valence-corrected chi connectivity index (χ4v) is 3.74. The van der Waals surface area contributed by atoms with Gasteiger partial charge in [-0.05, 0) is 19.3 Å². The van der Waals surface area contributed by atoms with Crippen LogP contribution in [0, 0.1) is 5.92 Å². The second-order valence-corrected chi connectivity index (χ2v) is 6.64. The van der Waals surface area contributed by atoms with E-state index >= 15 is 0 Å². The summed E-state index contributed by atoms with van der Waals surface area (Å²) in [5.41, 5.74) is 5.94. The highest BCUT2D eigenvalue weighted by atomic mass is 32.2. The summed E-state index contributed by atoms with van der Waals surface area (Å²) in [4.78, 5) is 14.4. The quantitative estimate of drug-likeness (QED) is 0.757. The lowest BCUT2D eigenvalue weighted by Crippen LogP contribution is -2.46. The number of hydrogen-bond donors (Lipinski definition) is 1. The molecule has 1 aliphatic heterocycles. The highest BCUT2D eigenvalue weighted by molar-refractivity contribution is 7.99. The normalized spacial score (nSPS) is 36.1. The van der Waals surface area contributed by atoms with Crippen molar-refractivity contribution in [1.29, 1.82) is 0 Å². The van der Waals surface area contributed by atoms with Crippen LogP contribution in [0.15, 0.2) is 0 Å². The molecule has 0 radical (unpaired) electrons. The van der Waals surface area contributed by atoms with Crippen LogP contribution in [0.1, 0.15) is 32.6 Å². The van der Waals surface area contributed by atoms with Gasteiger partial charge < -0.3 is 10.6 Å². The van der Waals surface area contributed by atoms with Gasteiger partial charge in [0.15, 0.2) is 0 Å². The summed E-state index contributed by atoms with van der Waals surface area (Å²) in [6.45, 7) is 4.06. The van der Waals surface area contributed by atoms with E-state index in [1.54, 1.807) is 0 Å². The lowest BCUT2D eigenvalue weighted by Gasteiger charge is -2.35. The van der Waals surface area contributed by atoms with E-state index in [2.05, 4.69) is 11.8 Å². The summed E-state index contributed by atoms with van der Waals surface area (Å²) in [5.74, 6) is 1.66. The van der Waals surface area contributed by atoms with E-state index in [1.165, 1.54) is 0 Å². The van der Waals surface area contributed by atoms with Gasteiger partial charge in [-0.15, -0.1) is 0 Å². The van der Waals surface area contributed by atoms with E-state index in [1.807, 2.05) is 11.8 Å². The summed E-state index contributed by atoms with van der Waals surface area (Å²) in [6, 6.07) is 0.249. The molecule has 1 aliphatic carbocycles. The molecule has 2 rings (SSSR count). The number of hydrogen-bond acceptors (Lipinski definition) is 3. The van der Waals surface area contributed by atoms with Crippen molar-refractivity contribution in [2.45, 2.75) is 43.9 Å². The standard InChI is InChI=1S/C12H22N2OS/c1-9-8-14(5-6-16-9)12(15)10-3-2-4-11(13)7-10/h9-11H,2-8,13H2,1H3. The fourth-order valence-electron chi connectivity index (χ4n) is 2.73. The van der Waals surface area contributed by atoms with Crippen molar-refractivity contribution in [1.82, 2.24) is 4.90 Å². The van der Waals surface area contributed by atoms with Gasteiger partial charge in [0.2, 0.25) is 5.91 Å². The predicted octanol–water partition coefficient (Wildman–Crippen LogP) is 1.47. The Morgan fingerprint density at radius 1 is 1.44 bits per heavy atom. The number of carbonyl (C=O) groups is 1. The Labute approximate surface area is 102 Å². The predicted molar refractivity (Wildman–Crippen MR) is 68.4 cm³/mol. The SMILES string of the molecule is CC1CN(C(=O)C2CCCC(N)C2)CCS1. The van der Waals surface area contributed by atoms with Crippen LogP contribution in [0.4, 0.5) is 0 Å². The van der Waals surface area contributed by atoms with Gasteiger partial charge in [0.25, 0.3) is 0 Å². The Hall–Kier alpha value is -0.220. The van der Waals surface area contributed by atoms with Crippen LogP contribution < -0.4 is 5.73 Å². The van der Waals surface area contributed by atoms with Crippen LogP contribution in [0.3, 0.4) is 0 Å². The third kappa shape index (κ3) is 2.92. The smallest absolute Gasteiger partial charge is 0.225 e. The summed E-state index contributed by atoms with van der Waals surface area (Å²) in [6.07, 6.45) is 4.16. The van der Waals surface area contributed by atoms with E-state index in [0.29, 0.717) is 11.2 Å². The molecule has 2 N–H and O–H groups in total. The van der Waals surface area contributed by atoms with Crippen LogP contribution in [-0.2, 0) is 4.79 Å². The average molecular weight is 242 g/mol. The zero-order valence-corrected chi connectivity index (χ0v) is 10.8. The Bertz CT molecular complexity index is 235. The molecule has 16 heavy (non-hydrogen) atoms. The van der Waals surface area contributed by atoms with Gasteiger partial charge in [0.1, 0.15) is 0 Å². The molecule has 1 amide bonds. The third-order valence-electron chi connectivity index (χ3n) is 3.62. The number of nitrogens with two attached hydrogens (primary N) is 1. The fraction of sp³-hybridized carbons (Fsp3) is 0.917. The molecular weight excluding hydrogens is 220 g/mol. The van der Waals surface area contributed by atoms with Crippen molar-refractivity contribution in [3.63, 3.8) is 0 Å². The first-order chi connectivity index (χ1) is 7.66. The van der Waals surface area contributed by atoms with Crippen LogP contribution in [-0.4, -0.2) is 40.9 Å². The van der Waals surface area contributed by atoms with Gasteiger partial charge in [-0.1, -0.05) is 13.3 Å². The van der Waals surface area contributed by atoms with E-state index in [9.17, 15) is 4.79 Å². The lowest BCUT2D eigenvalue weighted by molar-refractivity contribution is -0.136. The largest absolute Gasteiger partial charge is 0.341 e. The highest BCUT2D eigenvalue weighted by Gasteiger charge is 2.30. The zero-order valence-electron chi connectivity index (χ0n) is 10.0. The van der Waals surface area contributed by atoms with Crippen molar-refractivity contribution >= 4 is 17.7 Å². The van der Waals surface area contributed by atoms with Crippen LogP contribution in [0.25, 0.3) is 0 Å². The molecule has 2 fully saturated rings. The first-order valence-corrected chi connectivity index (χ1v) is 7.37. The lowest BCUT2D eigenvalue weighted by atomic mass is 9.85. The maximum absolute atomic E-state index is 12.3. The maximum Gasteiger partial charge on any atom is 0.225 e. The maximum atomic E-state index is 12.3. The van der Waals surface area contributed by atoms with Crippen molar-refractivity contribution < 1.29 is 4.79 Å². The first-order valence-electron chi connectivity index (χ1n) is 6.33. The average Bonchev–Trinajstić information content (AvgIpc) is 2.28. The molecule has 0 aromatic rings. The van der Waals surface area contributed by atoms with Crippen molar-refractivity contribution in [2.75, 3.05) is 18.8 Å². The van der Waals surface area contributed by atoms with Gasteiger partial charge >= 0.3 is 0 Å². The Balaban J connectivity index is 1.90. The molecule has 1 saturated heterocycles. The molecule has 0 bridgehead atoms. The molecular formula is C12H22N2OS. The number of nitrogens with zero attached hydrogens (tertiary/aromatic N) is 1. The molecule has 0 aromatic carbocycles. The second kappa shape index (κ2) is 5.41. The molecule has 1 saturated carbocycles. The number of thioether (sulfide) groups is 1. The van der Waals surface area contributed by atoms with Gasteiger partial charge in [-0.2, -0.15) is 11.8 Å². The molecule has 3 nitrogen and oxygen atoms in total. The molecule has 0 aromatic heterocycles. The Morgan fingerprint density at radius 2 is 2.25 bits per heavy atom. The number of carbonyl (C=O) groups excluding carboxylic acids is 1. The van der Waals surface area contributed by atoms with Gasteiger partial charge in [0.05, 0.1) is 0 Å². The molecule has 92 valence electrons. The van der Waals surface area contributed by atoms with E-state index in [4.69, 9.17) is 5.73 Å². The van der Waals surface area contributed by atoms with Crippen molar-refractivity contribution in [2.24, 2.45) is 11.7 Å². The molecule has 3 unspecified atom stereocenters. The monoisotopic (exact) mass is 242 g/mol. The van der Waals surface area contributed by atoms with Crippen LogP contribution in [0.2, 0.25) is 0 Å². The molecule has 2 aliphatic rings. The minimum atomic E-state index is 0.207. The van der Waals surface area contributed by atoms with Gasteiger partial charge in [0, 0.05) is 36.1 Å². The summed E-state index contributed by atoms with van der Waals surface area (Å²) >= 11 is 1.97. The zero-order chi connectivity index (χ0) is 11.5. The van der Waals surface area contributed by atoms with Crippen molar-refractivity contribution in [3.8, 4) is 0 Å². The van der Waals surface area contributed by atoms with Crippen molar-refractivity contribution in [3.05, 3.63) is 0 Å². The number of amides is 1. The van der Waals surface area contributed by atoms with E-state index in [0.717, 1.165) is 44.5 Å². The minimum Gasteiger partial charge on any atom is -0.341 e. The molecule has 1 heterocycles. The number of rotatable bonds is 1. The Kier molecular flexibility index (Phi) is 4.14.